The minimum absolute atomic E-state index is 0.226. The van der Waals surface area contributed by atoms with Gasteiger partial charge in [0.05, 0.1) is 11.8 Å². The lowest BCUT2D eigenvalue weighted by molar-refractivity contribution is 0.0319. The molecule has 0 aliphatic carbocycles. The van der Waals surface area contributed by atoms with Crippen molar-refractivity contribution in [3.63, 3.8) is 0 Å². The molecule has 120 valence electrons. The second kappa shape index (κ2) is 6.96. The number of ketones is 1. The van der Waals surface area contributed by atoms with Crippen LogP contribution in [0.15, 0.2) is 77.4 Å². The van der Waals surface area contributed by atoms with Crippen LogP contribution in [0.5, 0.6) is 0 Å². The predicted molar refractivity (Wildman–Crippen MR) is 89.8 cm³/mol. The van der Waals surface area contributed by atoms with E-state index in [4.69, 9.17) is 9.15 Å². The maximum atomic E-state index is 12.2. The van der Waals surface area contributed by atoms with Crippen LogP contribution in [-0.2, 0) is 4.74 Å². The summed E-state index contributed by atoms with van der Waals surface area (Å²) >= 11 is 0. The van der Waals surface area contributed by atoms with E-state index in [1.165, 1.54) is 0 Å². The number of ether oxygens (including phenoxy) is 1. The Balaban J connectivity index is 1.67. The standard InChI is InChI=1S/C20H16O4/c1-14(19(21)16-6-3-2-4-7-16)24-20(22)17-11-9-15(10-12-17)18-8-5-13-23-18/h2-14H,1H3. The van der Waals surface area contributed by atoms with Crippen LogP contribution in [0.4, 0.5) is 0 Å². The highest BCUT2D eigenvalue weighted by molar-refractivity contribution is 6.01. The van der Waals surface area contributed by atoms with Crippen molar-refractivity contribution in [1.82, 2.24) is 0 Å². The van der Waals surface area contributed by atoms with Gasteiger partial charge >= 0.3 is 5.97 Å². The number of Topliss-reactive ketones (excluding diaryl/α,β-unsaturated/α-hetero) is 1. The van der Waals surface area contributed by atoms with Gasteiger partial charge in [-0.25, -0.2) is 4.79 Å². The molecule has 0 amide bonds. The van der Waals surface area contributed by atoms with Crippen LogP contribution >= 0.6 is 0 Å². The van der Waals surface area contributed by atoms with Crippen molar-refractivity contribution in [3.8, 4) is 11.3 Å². The number of rotatable bonds is 5. The molecule has 1 unspecified atom stereocenters. The summed E-state index contributed by atoms with van der Waals surface area (Å²) < 4.78 is 10.6. The van der Waals surface area contributed by atoms with Gasteiger partial charge in [0.2, 0.25) is 5.78 Å². The molecule has 0 saturated heterocycles. The Bertz CT molecular complexity index is 818. The van der Waals surface area contributed by atoms with Crippen LogP contribution < -0.4 is 0 Å². The lowest BCUT2D eigenvalue weighted by atomic mass is 10.1. The number of benzene rings is 2. The van der Waals surface area contributed by atoms with Gasteiger partial charge < -0.3 is 9.15 Å². The molecule has 1 heterocycles. The van der Waals surface area contributed by atoms with Crippen molar-refractivity contribution >= 4 is 11.8 Å². The fraction of sp³-hybridized carbons (Fsp3) is 0.100. The summed E-state index contributed by atoms with van der Waals surface area (Å²) in [6.45, 7) is 1.57. The topological polar surface area (TPSA) is 56.5 Å². The molecule has 3 rings (SSSR count). The fourth-order valence-electron chi connectivity index (χ4n) is 2.33. The molecule has 4 heteroatoms. The van der Waals surface area contributed by atoms with Crippen LogP contribution in [0.25, 0.3) is 11.3 Å². The van der Waals surface area contributed by atoms with E-state index in [1.54, 1.807) is 67.8 Å². The van der Waals surface area contributed by atoms with Gasteiger partial charge in [-0.15, -0.1) is 0 Å². The molecule has 0 N–H and O–H groups in total. The first-order valence-electron chi connectivity index (χ1n) is 7.59. The van der Waals surface area contributed by atoms with E-state index in [0.717, 1.165) is 11.3 Å². The predicted octanol–water partition coefficient (Wildman–Crippen LogP) is 4.37. The van der Waals surface area contributed by atoms with Gasteiger partial charge in [0.25, 0.3) is 0 Å². The van der Waals surface area contributed by atoms with Crippen LogP contribution in [0.3, 0.4) is 0 Å². The molecule has 3 aromatic rings. The maximum Gasteiger partial charge on any atom is 0.338 e. The average Bonchev–Trinajstić information content (AvgIpc) is 3.16. The SMILES string of the molecule is CC(OC(=O)c1ccc(-c2ccco2)cc1)C(=O)c1ccccc1. The largest absolute Gasteiger partial charge is 0.464 e. The number of esters is 1. The summed E-state index contributed by atoms with van der Waals surface area (Å²) in [5.74, 6) is -0.0310. The van der Waals surface area contributed by atoms with Crippen LogP contribution in [0.2, 0.25) is 0 Å². The maximum absolute atomic E-state index is 12.2. The third kappa shape index (κ3) is 3.43. The molecule has 0 bridgehead atoms. The molecule has 0 aliphatic rings. The van der Waals surface area contributed by atoms with E-state index in [0.29, 0.717) is 11.1 Å². The van der Waals surface area contributed by atoms with E-state index in [-0.39, 0.29) is 5.78 Å². The summed E-state index contributed by atoms with van der Waals surface area (Å²) in [7, 11) is 0. The van der Waals surface area contributed by atoms with E-state index < -0.39 is 12.1 Å². The molecule has 0 fully saturated rings. The molecule has 1 atom stereocenters. The van der Waals surface area contributed by atoms with Crippen molar-refractivity contribution < 1.29 is 18.7 Å². The van der Waals surface area contributed by atoms with Gasteiger partial charge in [-0.05, 0) is 31.2 Å². The van der Waals surface area contributed by atoms with Crippen molar-refractivity contribution in [2.45, 2.75) is 13.0 Å². The highest BCUT2D eigenvalue weighted by Crippen LogP contribution is 2.20. The summed E-state index contributed by atoms with van der Waals surface area (Å²) in [5, 5.41) is 0. The van der Waals surface area contributed by atoms with Crippen LogP contribution in [0.1, 0.15) is 27.6 Å². The molecular weight excluding hydrogens is 304 g/mol. The van der Waals surface area contributed by atoms with Gasteiger partial charge in [-0.2, -0.15) is 0 Å². The average molecular weight is 320 g/mol. The lowest BCUT2D eigenvalue weighted by Crippen LogP contribution is -2.24. The van der Waals surface area contributed by atoms with Crippen LogP contribution in [0, 0.1) is 0 Å². The Hall–Kier alpha value is -3.14. The van der Waals surface area contributed by atoms with Crippen molar-refractivity contribution in [3.05, 3.63) is 84.1 Å². The second-order valence-electron chi connectivity index (χ2n) is 5.33. The summed E-state index contributed by atoms with van der Waals surface area (Å²) in [4.78, 5) is 24.4. The minimum atomic E-state index is -0.843. The summed E-state index contributed by atoms with van der Waals surface area (Å²) in [6.07, 6.45) is 0.749. The van der Waals surface area contributed by atoms with Crippen molar-refractivity contribution in [2.24, 2.45) is 0 Å². The molecule has 24 heavy (non-hydrogen) atoms. The quantitative estimate of drug-likeness (QED) is 0.517. The Morgan fingerprint density at radius 2 is 1.58 bits per heavy atom. The van der Waals surface area contributed by atoms with Crippen molar-refractivity contribution in [2.75, 3.05) is 0 Å². The third-order valence-corrected chi connectivity index (χ3v) is 3.64. The van der Waals surface area contributed by atoms with Gasteiger partial charge in [0.1, 0.15) is 5.76 Å². The third-order valence-electron chi connectivity index (χ3n) is 3.64. The molecule has 0 saturated carbocycles. The van der Waals surface area contributed by atoms with Crippen molar-refractivity contribution in [1.29, 1.82) is 0 Å². The molecule has 4 nitrogen and oxygen atoms in total. The van der Waals surface area contributed by atoms with E-state index in [9.17, 15) is 9.59 Å². The smallest absolute Gasteiger partial charge is 0.338 e. The first kappa shape index (κ1) is 15.7. The first-order chi connectivity index (χ1) is 11.6. The zero-order valence-corrected chi connectivity index (χ0v) is 13.1. The Labute approximate surface area is 139 Å². The van der Waals surface area contributed by atoms with Crippen LogP contribution in [-0.4, -0.2) is 17.9 Å². The summed E-state index contributed by atoms with van der Waals surface area (Å²) in [6, 6.07) is 19.3. The van der Waals surface area contributed by atoms with E-state index in [2.05, 4.69) is 0 Å². The van der Waals surface area contributed by atoms with Gasteiger partial charge in [0, 0.05) is 11.1 Å². The molecular formula is C20H16O4. The zero-order chi connectivity index (χ0) is 16.9. The van der Waals surface area contributed by atoms with Gasteiger partial charge in [0.15, 0.2) is 6.10 Å². The Morgan fingerprint density at radius 1 is 0.875 bits per heavy atom. The number of carbonyl (C=O) groups is 2. The molecule has 2 aromatic carbocycles. The fourth-order valence-corrected chi connectivity index (χ4v) is 2.33. The van der Waals surface area contributed by atoms with Gasteiger partial charge in [-0.3, -0.25) is 4.79 Å². The zero-order valence-electron chi connectivity index (χ0n) is 13.1. The minimum Gasteiger partial charge on any atom is -0.464 e. The highest BCUT2D eigenvalue weighted by atomic mass is 16.5. The Kier molecular flexibility index (Phi) is 4.57. The molecule has 0 spiro atoms. The summed E-state index contributed by atoms with van der Waals surface area (Å²) in [5.41, 5.74) is 1.77. The monoisotopic (exact) mass is 320 g/mol. The number of hydrogen-bond donors (Lipinski definition) is 0. The highest BCUT2D eigenvalue weighted by Gasteiger charge is 2.20. The Morgan fingerprint density at radius 3 is 2.21 bits per heavy atom. The number of carbonyl (C=O) groups excluding carboxylic acids is 2. The molecule has 1 aromatic heterocycles. The molecule has 0 radical (unpaired) electrons. The van der Waals surface area contributed by atoms with E-state index >= 15 is 0 Å². The van der Waals surface area contributed by atoms with Gasteiger partial charge in [-0.1, -0.05) is 42.5 Å². The lowest BCUT2D eigenvalue weighted by Gasteiger charge is -2.12. The molecule has 0 aliphatic heterocycles. The second-order valence-corrected chi connectivity index (χ2v) is 5.33. The number of hydrogen-bond acceptors (Lipinski definition) is 4. The first-order valence-corrected chi connectivity index (χ1v) is 7.59. The number of furan rings is 1. The normalized spacial score (nSPS) is 11.7. The van der Waals surface area contributed by atoms with E-state index in [1.807, 2.05) is 12.1 Å².